The van der Waals surface area contributed by atoms with E-state index in [1.165, 1.54) is 12.8 Å². The lowest BCUT2D eigenvalue weighted by molar-refractivity contribution is 0.360. The van der Waals surface area contributed by atoms with Gasteiger partial charge in [0, 0.05) is 11.1 Å². The van der Waals surface area contributed by atoms with Crippen LogP contribution in [0.3, 0.4) is 0 Å². The Morgan fingerprint density at radius 3 is 2.63 bits per heavy atom. The molecule has 1 aliphatic carbocycles. The summed E-state index contributed by atoms with van der Waals surface area (Å²) in [5, 5.41) is 0. The van der Waals surface area contributed by atoms with Crippen LogP contribution in [0.5, 0.6) is 11.5 Å². The Labute approximate surface area is 123 Å². The summed E-state index contributed by atoms with van der Waals surface area (Å²) >= 11 is 3.55. The van der Waals surface area contributed by atoms with E-state index in [0.717, 1.165) is 40.3 Å². The average molecular weight is 328 g/mol. The normalized spacial score (nSPS) is 26.5. The Bertz CT molecular complexity index is 464. The second-order valence-corrected chi connectivity index (χ2v) is 6.13. The number of ether oxygens (including phenoxy) is 2. The Hall–Kier alpha value is -0.740. The van der Waals surface area contributed by atoms with Gasteiger partial charge < -0.3 is 15.2 Å². The molecule has 2 N–H and O–H groups in total. The first-order chi connectivity index (χ1) is 9.05. The molecule has 0 aromatic heterocycles. The van der Waals surface area contributed by atoms with Gasteiger partial charge in [-0.15, -0.1) is 0 Å². The molecule has 1 aromatic carbocycles. The number of nitrogens with two attached hydrogens (primary N) is 1. The van der Waals surface area contributed by atoms with Crippen molar-refractivity contribution in [2.45, 2.75) is 38.1 Å². The highest BCUT2D eigenvalue weighted by atomic mass is 79.9. The molecule has 19 heavy (non-hydrogen) atoms. The Balaban J connectivity index is 2.42. The zero-order valence-corrected chi connectivity index (χ0v) is 13.4. The number of rotatable bonds is 4. The van der Waals surface area contributed by atoms with Crippen molar-refractivity contribution in [1.82, 2.24) is 0 Å². The van der Waals surface area contributed by atoms with Gasteiger partial charge in [0.2, 0.25) is 0 Å². The lowest BCUT2D eigenvalue weighted by atomic mass is 9.87. The molecule has 4 heteroatoms. The summed E-state index contributed by atoms with van der Waals surface area (Å²) in [6, 6.07) is 4.00. The van der Waals surface area contributed by atoms with E-state index in [9.17, 15) is 0 Å². The van der Waals surface area contributed by atoms with E-state index < -0.39 is 0 Å². The maximum atomic E-state index is 6.64. The van der Waals surface area contributed by atoms with Gasteiger partial charge in [-0.3, -0.25) is 0 Å². The number of hydrogen-bond donors (Lipinski definition) is 1. The SMILES string of the molecule is CCC1CCC(N)(c2ccc(OC)c(Br)c2OC)C1. The summed E-state index contributed by atoms with van der Waals surface area (Å²) in [7, 11) is 3.33. The molecule has 106 valence electrons. The molecule has 1 fully saturated rings. The van der Waals surface area contributed by atoms with Crippen molar-refractivity contribution in [3.8, 4) is 11.5 Å². The van der Waals surface area contributed by atoms with E-state index >= 15 is 0 Å². The first kappa shape index (κ1) is 14.7. The van der Waals surface area contributed by atoms with Crippen molar-refractivity contribution < 1.29 is 9.47 Å². The minimum atomic E-state index is -0.277. The molecule has 1 aliphatic rings. The number of hydrogen-bond acceptors (Lipinski definition) is 3. The predicted molar refractivity (Wildman–Crippen MR) is 80.7 cm³/mol. The Kier molecular flexibility index (Phi) is 4.41. The van der Waals surface area contributed by atoms with Gasteiger partial charge in [-0.2, -0.15) is 0 Å². The summed E-state index contributed by atoms with van der Waals surface area (Å²) in [4.78, 5) is 0. The Morgan fingerprint density at radius 2 is 2.11 bits per heavy atom. The highest BCUT2D eigenvalue weighted by Crippen LogP contribution is 2.48. The first-order valence-corrected chi connectivity index (χ1v) is 7.55. The summed E-state index contributed by atoms with van der Waals surface area (Å²) in [5.74, 6) is 2.29. The zero-order chi connectivity index (χ0) is 14.0. The summed E-state index contributed by atoms with van der Waals surface area (Å²) in [6.07, 6.45) is 4.43. The molecule has 0 aliphatic heterocycles. The third-order valence-electron chi connectivity index (χ3n) is 4.25. The second-order valence-electron chi connectivity index (χ2n) is 5.34. The molecule has 1 saturated carbocycles. The van der Waals surface area contributed by atoms with Gasteiger partial charge in [-0.1, -0.05) is 13.3 Å². The third-order valence-corrected chi connectivity index (χ3v) is 5.00. The molecular formula is C15H22BrNO2. The highest BCUT2D eigenvalue weighted by molar-refractivity contribution is 9.10. The molecule has 2 unspecified atom stereocenters. The van der Waals surface area contributed by atoms with Gasteiger partial charge in [-0.25, -0.2) is 0 Å². The second kappa shape index (κ2) is 5.71. The lowest BCUT2D eigenvalue weighted by Gasteiger charge is -2.28. The smallest absolute Gasteiger partial charge is 0.141 e. The Morgan fingerprint density at radius 1 is 1.37 bits per heavy atom. The number of benzene rings is 1. The molecular weight excluding hydrogens is 306 g/mol. The van der Waals surface area contributed by atoms with Crippen LogP contribution in [0.2, 0.25) is 0 Å². The molecule has 0 bridgehead atoms. The number of halogens is 1. The molecule has 3 nitrogen and oxygen atoms in total. The van der Waals surface area contributed by atoms with E-state index in [1.807, 2.05) is 12.1 Å². The van der Waals surface area contributed by atoms with Crippen LogP contribution in [-0.4, -0.2) is 14.2 Å². The van der Waals surface area contributed by atoms with Crippen molar-refractivity contribution in [2.75, 3.05) is 14.2 Å². The molecule has 1 aromatic rings. The van der Waals surface area contributed by atoms with E-state index in [-0.39, 0.29) is 5.54 Å². The summed E-state index contributed by atoms with van der Waals surface area (Å²) in [5.41, 5.74) is 7.45. The summed E-state index contributed by atoms with van der Waals surface area (Å²) < 4.78 is 11.7. The van der Waals surface area contributed by atoms with Crippen LogP contribution in [0, 0.1) is 5.92 Å². The molecule has 2 atom stereocenters. The maximum Gasteiger partial charge on any atom is 0.141 e. The van der Waals surface area contributed by atoms with Crippen LogP contribution >= 0.6 is 15.9 Å². The van der Waals surface area contributed by atoms with Crippen molar-refractivity contribution >= 4 is 15.9 Å². The minimum absolute atomic E-state index is 0.277. The van der Waals surface area contributed by atoms with Crippen molar-refractivity contribution in [3.63, 3.8) is 0 Å². The van der Waals surface area contributed by atoms with Gasteiger partial charge in [0.05, 0.1) is 14.2 Å². The predicted octanol–water partition coefficient (Wildman–Crippen LogP) is 3.83. The van der Waals surface area contributed by atoms with Crippen molar-refractivity contribution in [3.05, 3.63) is 22.2 Å². The van der Waals surface area contributed by atoms with Crippen molar-refractivity contribution in [1.29, 1.82) is 0 Å². The lowest BCUT2D eigenvalue weighted by Crippen LogP contribution is -2.34. The minimum Gasteiger partial charge on any atom is -0.495 e. The van der Waals surface area contributed by atoms with Crippen LogP contribution in [0.1, 0.15) is 38.2 Å². The fourth-order valence-corrected chi connectivity index (χ4v) is 3.73. The molecule has 0 heterocycles. The van der Waals surface area contributed by atoms with E-state index in [0.29, 0.717) is 0 Å². The van der Waals surface area contributed by atoms with Gasteiger partial charge in [-0.05, 0) is 53.2 Å². The molecule has 0 saturated heterocycles. The van der Waals surface area contributed by atoms with E-state index in [4.69, 9.17) is 15.2 Å². The zero-order valence-electron chi connectivity index (χ0n) is 11.8. The van der Waals surface area contributed by atoms with E-state index in [2.05, 4.69) is 22.9 Å². The van der Waals surface area contributed by atoms with Crippen LogP contribution in [0.25, 0.3) is 0 Å². The van der Waals surface area contributed by atoms with Crippen LogP contribution in [0.15, 0.2) is 16.6 Å². The fourth-order valence-electron chi connectivity index (χ4n) is 3.06. The van der Waals surface area contributed by atoms with Crippen LogP contribution in [-0.2, 0) is 5.54 Å². The quantitative estimate of drug-likeness (QED) is 0.913. The topological polar surface area (TPSA) is 44.5 Å². The molecule has 0 amide bonds. The first-order valence-electron chi connectivity index (χ1n) is 6.75. The maximum absolute atomic E-state index is 6.64. The molecule has 0 spiro atoms. The number of methoxy groups -OCH3 is 2. The van der Waals surface area contributed by atoms with Crippen molar-refractivity contribution in [2.24, 2.45) is 11.7 Å². The molecule has 2 rings (SSSR count). The van der Waals surface area contributed by atoms with Gasteiger partial charge in [0.1, 0.15) is 16.0 Å². The summed E-state index contributed by atoms with van der Waals surface area (Å²) in [6.45, 7) is 2.23. The van der Waals surface area contributed by atoms with Crippen LogP contribution in [0.4, 0.5) is 0 Å². The standard InChI is InChI=1S/C15H22BrNO2/c1-4-10-7-8-15(17,9-10)11-5-6-12(18-2)13(16)14(11)19-3/h5-6,10H,4,7-9,17H2,1-3H3. The average Bonchev–Trinajstić information content (AvgIpc) is 2.81. The van der Waals surface area contributed by atoms with E-state index in [1.54, 1.807) is 14.2 Å². The largest absolute Gasteiger partial charge is 0.495 e. The highest BCUT2D eigenvalue weighted by Gasteiger charge is 2.39. The van der Waals surface area contributed by atoms with Gasteiger partial charge >= 0.3 is 0 Å². The molecule has 0 radical (unpaired) electrons. The monoisotopic (exact) mass is 327 g/mol. The van der Waals surface area contributed by atoms with Crippen LogP contribution < -0.4 is 15.2 Å². The van der Waals surface area contributed by atoms with Gasteiger partial charge in [0.25, 0.3) is 0 Å². The fraction of sp³-hybridized carbons (Fsp3) is 0.600. The van der Waals surface area contributed by atoms with Gasteiger partial charge in [0.15, 0.2) is 0 Å². The third kappa shape index (κ3) is 2.61.